The van der Waals surface area contributed by atoms with Crippen molar-refractivity contribution in [2.45, 2.75) is 20.3 Å². The predicted molar refractivity (Wildman–Crippen MR) is 98.9 cm³/mol. The minimum Gasteiger partial charge on any atom is -0.326 e. The fourth-order valence-corrected chi connectivity index (χ4v) is 3.11. The molecule has 0 saturated heterocycles. The molecule has 1 fully saturated rings. The predicted octanol–water partition coefficient (Wildman–Crippen LogP) is 4.28. The lowest BCUT2D eigenvalue weighted by Gasteiger charge is -2.09. The first-order valence-electron chi connectivity index (χ1n) is 7.88. The number of carbonyl (C=O) groups excluding carboxylic acids is 2. The van der Waals surface area contributed by atoms with Crippen molar-refractivity contribution in [3.05, 3.63) is 58.1 Å². The van der Waals surface area contributed by atoms with Crippen molar-refractivity contribution >= 4 is 39.1 Å². The van der Waals surface area contributed by atoms with Gasteiger partial charge in [-0.1, -0.05) is 33.6 Å². The van der Waals surface area contributed by atoms with Gasteiger partial charge in [0.2, 0.25) is 11.8 Å². The number of anilines is 2. The van der Waals surface area contributed by atoms with E-state index >= 15 is 0 Å². The van der Waals surface area contributed by atoms with Crippen LogP contribution in [0, 0.1) is 25.7 Å². The van der Waals surface area contributed by atoms with Crippen molar-refractivity contribution in [1.29, 1.82) is 0 Å². The van der Waals surface area contributed by atoms with Gasteiger partial charge in [0.25, 0.3) is 0 Å². The maximum Gasteiger partial charge on any atom is 0.228 e. The van der Waals surface area contributed by atoms with Crippen LogP contribution in [0.3, 0.4) is 0 Å². The normalized spacial score (nSPS) is 18.8. The first-order valence-corrected chi connectivity index (χ1v) is 8.68. The molecule has 2 aromatic carbocycles. The van der Waals surface area contributed by atoms with Crippen LogP contribution in [0.2, 0.25) is 0 Å². The molecule has 2 N–H and O–H groups in total. The first kappa shape index (κ1) is 16.7. The van der Waals surface area contributed by atoms with Crippen LogP contribution in [-0.2, 0) is 9.59 Å². The Morgan fingerprint density at radius 1 is 0.958 bits per heavy atom. The molecule has 5 heteroatoms. The van der Waals surface area contributed by atoms with Gasteiger partial charge in [-0.05, 0) is 56.2 Å². The topological polar surface area (TPSA) is 58.2 Å². The fourth-order valence-electron chi connectivity index (χ4n) is 2.64. The van der Waals surface area contributed by atoms with Crippen LogP contribution >= 0.6 is 15.9 Å². The molecule has 0 aromatic heterocycles. The van der Waals surface area contributed by atoms with Gasteiger partial charge in [-0.2, -0.15) is 0 Å². The van der Waals surface area contributed by atoms with Crippen LogP contribution in [0.15, 0.2) is 46.9 Å². The molecule has 0 aliphatic heterocycles. The molecule has 3 rings (SSSR count). The minimum atomic E-state index is -0.251. The molecule has 1 saturated carbocycles. The molecule has 0 radical (unpaired) electrons. The molecule has 1 aliphatic carbocycles. The maximum absolute atomic E-state index is 12.3. The van der Waals surface area contributed by atoms with Gasteiger partial charge in [0.15, 0.2) is 0 Å². The van der Waals surface area contributed by atoms with E-state index in [-0.39, 0.29) is 23.7 Å². The maximum atomic E-state index is 12.3. The van der Waals surface area contributed by atoms with Gasteiger partial charge in [-0.25, -0.2) is 0 Å². The Morgan fingerprint density at radius 2 is 1.58 bits per heavy atom. The van der Waals surface area contributed by atoms with Crippen LogP contribution in [0.4, 0.5) is 11.4 Å². The van der Waals surface area contributed by atoms with Crippen LogP contribution in [0.25, 0.3) is 0 Å². The third-order valence-corrected chi connectivity index (χ3v) is 4.72. The van der Waals surface area contributed by atoms with Gasteiger partial charge in [0.1, 0.15) is 0 Å². The monoisotopic (exact) mass is 386 g/mol. The number of hydrogen-bond acceptors (Lipinski definition) is 2. The molecule has 2 atom stereocenters. The van der Waals surface area contributed by atoms with Crippen molar-refractivity contribution in [2.75, 3.05) is 10.6 Å². The lowest BCUT2D eigenvalue weighted by Crippen LogP contribution is -2.20. The van der Waals surface area contributed by atoms with Gasteiger partial charge in [0.05, 0.1) is 11.8 Å². The zero-order valence-corrected chi connectivity index (χ0v) is 15.2. The van der Waals surface area contributed by atoms with E-state index in [2.05, 4.69) is 26.6 Å². The van der Waals surface area contributed by atoms with Crippen LogP contribution in [-0.4, -0.2) is 11.8 Å². The summed E-state index contributed by atoms with van der Waals surface area (Å²) in [4.78, 5) is 24.6. The molecular formula is C19H19BrN2O2. The molecule has 0 heterocycles. The highest BCUT2D eigenvalue weighted by atomic mass is 79.9. The Bertz CT molecular complexity index is 786. The standard InChI is InChI=1S/C19H19BrN2O2/c1-11-3-6-14(7-4-11)21-18(23)15-10-16(15)19(24)22-17-8-5-13(20)9-12(17)2/h3-9,15-16H,10H2,1-2H3,(H,21,23)(H,22,24). The number of hydrogen-bond donors (Lipinski definition) is 2. The number of amides is 2. The quantitative estimate of drug-likeness (QED) is 0.823. The van der Waals surface area contributed by atoms with Crippen molar-refractivity contribution in [3.8, 4) is 0 Å². The zero-order valence-electron chi connectivity index (χ0n) is 13.6. The SMILES string of the molecule is Cc1ccc(NC(=O)C2CC2C(=O)Nc2ccc(Br)cc2C)cc1. The van der Waals surface area contributed by atoms with Crippen LogP contribution < -0.4 is 10.6 Å². The summed E-state index contributed by atoms with van der Waals surface area (Å²) in [5.41, 5.74) is 3.67. The Labute approximate surface area is 149 Å². The van der Waals surface area contributed by atoms with E-state index in [0.717, 1.165) is 27.0 Å². The van der Waals surface area contributed by atoms with Crippen molar-refractivity contribution in [2.24, 2.45) is 11.8 Å². The summed E-state index contributed by atoms with van der Waals surface area (Å²) in [6.45, 7) is 3.94. The fraction of sp³-hybridized carbons (Fsp3) is 0.263. The molecule has 0 bridgehead atoms. The summed E-state index contributed by atoms with van der Waals surface area (Å²) >= 11 is 3.40. The summed E-state index contributed by atoms with van der Waals surface area (Å²) in [5.74, 6) is -0.684. The molecular weight excluding hydrogens is 368 g/mol. The largest absolute Gasteiger partial charge is 0.326 e. The van der Waals surface area contributed by atoms with Gasteiger partial charge in [0, 0.05) is 15.8 Å². The average molecular weight is 387 g/mol. The minimum absolute atomic E-state index is 0.0912. The van der Waals surface area contributed by atoms with E-state index in [9.17, 15) is 9.59 Å². The van der Waals surface area contributed by atoms with Gasteiger partial charge in [-0.3, -0.25) is 9.59 Å². The van der Waals surface area contributed by atoms with E-state index in [0.29, 0.717) is 6.42 Å². The van der Waals surface area contributed by atoms with E-state index in [1.165, 1.54) is 0 Å². The van der Waals surface area contributed by atoms with Crippen LogP contribution in [0.5, 0.6) is 0 Å². The molecule has 24 heavy (non-hydrogen) atoms. The summed E-state index contributed by atoms with van der Waals surface area (Å²) in [5, 5.41) is 5.79. The van der Waals surface area contributed by atoms with Gasteiger partial charge in [-0.15, -0.1) is 0 Å². The lowest BCUT2D eigenvalue weighted by atomic mass is 10.2. The van der Waals surface area contributed by atoms with Crippen molar-refractivity contribution < 1.29 is 9.59 Å². The highest BCUT2D eigenvalue weighted by Gasteiger charge is 2.48. The summed E-state index contributed by atoms with van der Waals surface area (Å²) in [6.07, 6.45) is 0.596. The van der Waals surface area contributed by atoms with E-state index in [4.69, 9.17) is 0 Å². The average Bonchev–Trinajstić information content (AvgIpc) is 3.33. The highest BCUT2D eigenvalue weighted by molar-refractivity contribution is 9.10. The molecule has 4 nitrogen and oxygen atoms in total. The molecule has 2 unspecified atom stereocenters. The number of rotatable bonds is 4. The zero-order chi connectivity index (χ0) is 17.3. The molecule has 2 amide bonds. The number of carbonyl (C=O) groups is 2. The molecule has 124 valence electrons. The lowest BCUT2D eigenvalue weighted by molar-refractivity contribution is -0.122. The Morgan fingerprint density at radius 3 is 2.21 bits per heavy atom. The number of benzene rings is 2. The molecule has 0 spiro atoms. The number of aryl methyl sites for hydroxylation is 2. The smallest absolute Gasteiger partial charge is 0.228 e. The third-order valence-electron chi connectivity index (χ3n) is 4.23. The van der Waals surface area contributed by atoms with Crippen LogP contribution in [0.1, 0.15) is 17.5 Å². The Balaban J connectivity index is 1.57. The van der Waals surface area contributed by atoms with Gasteiger partial charge >= 0.3 is 0 Å². The first-order chi connectivity index (χ1) is 11.4. The summed E-state index contributed by atoms with van der Waals surface area (Å²) < 4.78 is 0.972. The highest BCUT2D eigenvalue weighted by Crippen LogP contribution is 2.40. The second-order valence-corrected chi connectivity index (χ2v) is 7.17. The Hall–Kier alpha value is -2.14. The van der Waals surface area contributed by atoms with E-state index in [1.807, 2.05) is 56.3 Å². The van der Waals surface area contributed by atoms with E-state index in [1.54, 1.807) is 0 Å². The molecule has 2 aromatic rings. The third kappa shape index (κ3) is 3.85. The second kappa shape index (κ2) is 6.77. The second-order valence-electron chi connectivity index (χ2n) is 6.25. The molecule has 1 aliphatic rings. The number of halogens is 1. The van der Waals surface area contributed by atoms with Crippen molar-refractivity contribution in [1.82, 2.24) is 0 Å². The number of nitrogens with one attached hydrogen (secondary N) is 2. The summed E-state index contributed by atoms with van der Waals surface area (Å²) in [7, 11) is 0. The van der Waals surface area contributed by atoms with Crippen molar-refractivity contribution in [3.63, 3.8) is 0 Å². The van der Waals surface area contributed by atoms with Gasteiger partial charge < -0.3 is 10.6 Å². The van der Waals surface area contributed by atoms with E-state index < -0.39 is 0 Å². The summed E-state index contributed by atoms with van der Waals surface area (Å²) in [6, 6.07) is 13.3. The Kier molecular flexibility index (Phi) is 4.71.